The molecular weight excluding hydrogens is 288 g/mol. The number of nitrogen functional groups attached to an aromatic ring is 1. The van der Waals surface area contributed by atoms with Gasteiger partial charge in [-0.05, 0) is 37.0 Å². The zero-order valence-corrected chi connectivity index (χ0v) is 12.9. The van der Waals surface area contributed by atoms with E-state index in [1.54, 1.807) is 0 Å². The number of nitrogens with two attached hydrogens (primary N) is 1. The van der Waals surface area contributed by atoms with E-state index in [0.29, 0.717) is 6.04 Å². The molecule has 0 bridgehead atoms. The predicted molar refractivity (Wildman–Crippen MR) is 83.0 cm³/mol. The van der Waals surface area contributed by atoms with Gasteiger partial charge in [-0.15, -0.1) is 0 Å². The topological polar surface area (TPSA) is 29.3 Å². The molecule has 0 aliphatic heterocycles. The van der Waals surface area contributed by atoms with Crippen molar-refractivity contribution in [2.75, 3.05) is 17.7 Å². The van der Waals surface area contributed by atoms with Crippen molar-refractivity contribution >= 4 is 27.3 Å². The summed E-state index contributed by atoms with van der Waals surface area (Å²) < 4.78 is 1.05. The summed E-state index contributed by atoms with van der Waals surface area (Å²) in [7, 11) is 2.18. The molecule has 2 N–H and O–H groups in total. The Morgan fingerprint density at radius 3 is 2.83 bits per heavy atom. The van der Waals surface area contributed by atoms with Gasteiger partial charge in [-0.1, -0.05) is 42.1 Å². The number of nitrogens with zero attached hydrogens (tertiary/aromatic N) is 1. The maximum absolute atomic E-state index is 6.12. The van der Waals surface area contributed by atoms with Crippen molar-refractivity contribution in [1.82, 2.24) is 0 Å². The highest BCUT2D eigenvalue weighted by Gasteiger charge is 2.24. The molecule has 0 heterocycles. The fourth-order valence-corrected chi connectivity index (χ4v) is 3.41. The molecule has 2 atom stereocenters. The van der Waals surface area contributed by atoms with Crippen molar-refractivity contribution in [3.63, 3.8) is 0 Å². The first kappa shape index (κ1) is 13.7. The third-order valence-corrected chi connectivity index (χ3v) is 4.74. The average molecular weight is 311 g/mol. The van der Waals surface area contributed by atoms with Gasteiger partial charge in [0.25, 0.3) is 0 Å². The van der Waals surface area contributed by atoms with Crippen LogP contribution in [0, 0.1) is 5.92 Å². The first-order valence-corrected chi connectivity index (χ1v) is 7.69. The summed E-state index contributed by atoms with van der Waals surface area (Å²) in [5.41, 5.74) is 8.16. The molecule has 2 unspecified atom stereocenters. The Hall–Kier alpha value is -0.700. The second-order valence-electron chi connectivity index (χ2n) is 5.41. The van der Waals surface area contributed by atoms with Gasteiger partial charge in [0.1, 0.15) is 0 Å². The van der Waals surface area contributed by atoms with Gasteiger partial charge in [0.15, 0.2) is 0 Å². The van der Waals surface area contributed by atoms with Gasteiger partial charge < -0.3 is 10.6 Å². The molecule has 18 heavy (non-hydrogen) atoms. The molecule has 1 aromatic carbocycles. The Kier molecular flexibility index (Phi) is 4.55. The highest BCUT2D eigenvalue weighted by Crippen LogP contribution is 2.34. The summed E-state index contributed by atoms with van der Waals surface area (Å²) in [6.45, 7) is 2.31. The standard InChI is InChI=1S/C15H23BrN2/c1-3-11-5-4-6-13(9-11)18(2)15-8-7-12(16)10-14(15)17/h7-8,10-11,13H,3-6,9,17H2,1-2H3. The van der Waals surface area contributed by atoms with E-state index in [2.05, 4.69) is 46.9 Å². The molecule has 0 radical (unpaired) electrons. The minimum atomic E-state index is 0.646. The summed E-state index contributed by atoms with van der Waals surface area (Å²) >= 11 is 3.46. The lowest BCUT2D eigenvalue weighted by Crippen LogP contribution is -2.36. The molecule has 2 nitrogen and oxygen atoms in total. The van der Waals surface area contributed by atoms with Crippen molar-refractivity contribution in [2.24, 2.45) is 5.92 Å². The average Bonchev–Trinajstić information content (AvgIpc) is 2.38. The molecule has 0 aromatic heterocycles. The highest BCUT2D eigenvalue weighted by molar-refractivity contribution is 9.10. The minimum absolute atomic E-state index is 0.646. The Morgan fingerprint density at radius 2 is 2.17 bits per heavy atom. The third kappa shape index (κ3) is 3.00. The number of rotatable bonds is 3. The summed E-state index contributed by atoms with van der Waals surface area (Å²) in [6, 6.07) is 6.83. The molecule has 1 saturated carbocycles. The van der Waals surface area contributed by atoms with Crippen LogP contribution in [-0.4, -0.2) is 13.1 Å². The maximum Gasteiger partial charge on any atom is 0.0600 e. The van der Waals surface area contributed by atoms with E-state index in [1.165, 1.54) is 37.8 Å². The molecule has 1 aromatic rings. The van der Waals surface area contributed by atoms with Gasteiger partial charge in [-0.3, -0.25) is 0 Å². The zero-order chi connectivity index (χ0) is 13.1. The number of benzene rings is 1. The van der Waals surface area contributed by atoms with Crippen molar-refractivity contribution in [3.8, 4) is 0 Å². The fourth-order valence-electron chi connectivity index (χ4n) is 3.03. The molecule has 0 spiro atoms. The molecule has 100 valence electrons. The second-order valence-corrected chi connectivity index (χ2v) is 6.32. The van der Waals surface area contributed by atoms with Gasteiger partial charge in [0.2, 0.25) is 0 Å². The van der Waals surface area contributed by atoms with Crippen LogP contribution >= 0.6 is 15.9 Å². The van der Waals surface area contributed by atoms with Crippen molar-refractivity contribution in [2.45, 2.75) is 45.1 Å². The van der Waals surface area contributed by atoms with E-state index in [0.717, 1.165) is 16.1 Å². The fraction of sp³-hybridized carbons (Fsp3) is 0.600. The molecule has 0 amide bonds. The summed E-state index contributed by atoms with van der Waals surface area (Å²) in [6.07, 6.45) is 6.66. The summed E-state index contributed by atoms with van der Waals surface area (Å²) in [4.78, 5) is 2.38. The van der Waals surface area contributed by atoms with Crippen molar-refractivity contribution in [1.29, 1.82) is 0 Å². The first-order valence-electron chi connectivity index (χ1n) is 6.89. The lowest BCUT2D eigenvalue weighted by Gasteiger charge is -2.37. The molecule has 2 rings (SSSR count). The van der Waals surface area contributed by atoms with Gasteiger partial charge >= 0.3 is 0 Å². The van der Waals surface area contributed by atoms with E-state index in [1.807, 2.05) is 6.07 Å². The summed E-state index contributed by atoms with van der Waals surface area (Å²) in [5, 5.41) is 0. The van der Waals surface area contributed by atoms with Crippen LogP contribution in [0.2, 0.25) is 0 Å². The predicted octanol–water partition coefficient (Wildman–Crippen LogP) is 4.44. The normalized spacial score (nSPS) is 23.9. The van der Waals surface area contributed by atoms with E-state index >= 15 is 0 Å². The van der Waals surface area contributed by atoms with Crippen molar-refractivity contribution < 1.29 is 0 Å². The smallest absolute Gasteiger partial charge is 0.0600 e. The van der Waals surface area contributed by atoms with Crippen LogP contribution in [0.1, 0.15) is 39.0 Å². The summed E-state index contributed by atoms with van der Waals surface area (Å²) in [5.74, 6) is 0.892. The Bertz CT molecular complexity index is 405. The van der Waals surface area contributed by atoms with Crippen LogP contribution in [0.3, 0.4) is 0 Å². The first-order chi connectivity index (χ1) is 8.61. The van der Waals surface area contributed by atoms with Gasteiger partial charge in [-0.2, -0.15) is 0 Å². The van der Waals surface area contributed by atoms with Gasteiger partial charge in [0.05, 0.1) is 11.4 Å². The van der Waals surface area contributed by atoms with E-state index in [4.69, 9.17) is 5.73 Å². The Morgan fingerprint density at radius 1 is 1.39 bits per heavy atom. The van der Waals surface area contributed by atoms with Crippen LogP contribution in [-0.2, 0) is 0 Å². The molecule has 1 aliphatic carbocycles. The van der Waals surface area contributed by atoms with Crippen LogP contribution in [0.15, 0.2) is 22.7 Å². The SMILES string of the molecule is CCC1CCCC(N(C)c2ccc(Br)cc2N)C1. The van der Waals surface area contributed by atoms with Gasteiger partial charge in [0, 0.05) is 17.6 Å². The molecule has 1 fully saturated rings. The quantitative estimate of drug-likeness (QED) is 0.836. The van der Waals surface area contributed by atoms with Gasteiger partial charge in [-0.25, -0.2) is 0 Å². The van der Waals surface area contributed by atoms with E-state index in [9.17, 15) is 0 Å². The number of hydrogen-bond acceptors (Lipinski definition) is 2. The minimum Gasteiger partial charge on any atom is -0.397 e. The molecule has 0 saturated heterocycles. The molecule has 3 heteroatoms. The number of hydrogen-bond donors (Lipinski definition) is 1. The van der Waals surface area contributed by atoms with Crippen LogP contribution in [0.25, 0.3) is 0 Å². The van der Waals surface area contributed by atoms with E-state index in [-0.39, 0.29) is 0 Å². The number of halogens is 1. The van der Waals surface area contributed by atoms with E-state index < -0.39 is 0 Å². The maximum atomic E-state index is 6.12. The van der Waals surface area contributed by atoms with Crippen molar-refractivity contribution in [3.05, 3.63) is 22.7 Å². The number of anilines is 2. The lowest BCUT2D eigenvalue weighted by molar-refractivity contribution is 0.309. The van der Waals surface area contributed by atoms with Crippen LogP contribution in [0.5, 0.6) is 0 Å². The Balaban J connectivity index is 2.12. The third-order valence-electron chi connectivity index (χ3n) is 4.25. The lowest BCUT2D eigenvalue weighted by atomic mass is 9.83. The van der Waals surface area contributed by atoms with Crippen LogP contribution in [0.4, 0.5) is 11.4 Å². The molecule has 1 aliphatic rings. The monoisotopic (exact) mass is 310 g/mol. The van der Waals surface area contributed by atoms with Crippen LogP contribution < -0.4 is 10.6 Å². The second kappa shape index (κ2) is 5.96. The molecular formula is C15H23BrN2. The largest absolute Gasteiger partial charge is 0.397 e. The zero-order valence-electron chi connectivity index (χ0n) is 11.3. The Labute approximate surface area is 119 Å². The highest BCUT2D eigenvalue weighted by atomic mass is 79.9.